The van der Waals surface area contributed by atoms with E-state index in [0.717, 1.165) is 17.0 Å². The second-order valence-corrected chi connectivity index (χ2v) is 5.74. The van der Waals surface area contributed by atoms with Gasteiger partial charge >= 0.3 is 0 Å². The van der Waals surface area contributed by atoms with E-state index < -0.39 is 10.8 Å². The van der Waals surface area contributed by atoms with Crippen LogP contribution in [0.2, 0.25) is 5.02 Å². The summed E-state index contributed by atoms with van der Waals surface area (Å²) >= 11 is 5.97. The van der Waals surface area contributed by atoms with Crippen molar-refractivity contribution in [2.75, 3.05) is 5.32 Å². The van der Waals surface area contributed by atoms with Gasteiger partial charge in [-0.2, -0.15) is 5.26 Å². The lowest BCUT2D eigenvalue weighted by Crippen LogP contribution is -2.14. The quantitative estimate of drug-likeness (QED) is 0.310. The number of hydrogen-bond acceptors (Lipinski definition) is 4. The average Bonchev–Trinajstić information content (AvgIpc) is 3.04. The number of aromatic amines is 1. The van der Waals surface area contributed by atoms with Crippen molar-refractivity contribution in [3.63, 3.8) is 0 Å². The van der Waals surface area contributed by atoms with E-state index in [1.165, 1.54) is 18.2 Å². The molecule has 0 saturated heterocycles. The van der Waals surface area contributed by atoms with Crippen LogP contribution in [0.3, 0.4) is 0 Å². The van der Waals surface area contributed by atoms with Gasteiger partial charge in [0.2, 0.25) is 0 Å². The third-order valence-electron chi connectivity index (χ3n) is 3.70. The molecule has 1 heterocycles. The first kappa shape index (κ1) is 17.2. The summed E-state index contributed by atoms with van der Waals surface area (Å²) in [5.41, 5.74) is 1.24. The highest BCUT2D eigenvalue weighted by Gasteiger charge is 2.15. The zero-order valence-electron chi connectivity index (χ0n) is 13.2. The van der Waals surface area contributed by atoms with E-state index in [9.17, 15) is 20.2 Å². The van der Waals surface area contributed by atoms with Gasteiger partial charge in [0.15, 0.2) is 0 Å². The lowest BCUT2D eigenvalue weighted by atomic mass is 10.1. The molecule has 0 aliphatic rings. The van der Waals surface area contributed by atoms with Gasteiger partial charge in [-0.3, -0.25) is 14.9 Å². The van der Waals surface area contributed by atoms with Crippen molar-refractivity contribution in [1.29, 1.82) is 5.26 Å². The number of carbonyl (C=O) groups excluding carboxylic acids is 1. The number of halogens is 1. The Hall–Kier alpha value is -3.63. The van der Waals surface area contributed by atoms with Crippen molar-refractivity contribution in [3.05, 3.63) is 74.9 Å². The molecule has 128 valence electrons. The van der Waals surface area contributed by atoms with Gasteiger partial charge in [-0.25, -0.2) is 0 Å². The van der Waals surface area contributed by atoms with E-state index in [0.29, 0.717) is 5.56 Å². The van der Waals surface area contributed by atoms with Gasteiger partial charge in [0.25, 0.3) is 11.6 Å². The Morgan fingerprint density at radius 1 is 1.31 bits per heavy atom. The highest BCUT2D eigenvalue weighted by Crippen LogP contribution is 2.27. The van der Waals surface area contributed by atoms with Crippen LogP contribution in [-0.2, 0) is 4.79 Å². The van der Waals surface area contributed by atoms with E-state index in [1.54, 1.807) is 6.20 Å². The molecule has 0 saturated carbocycles. The van der Waals surface area contributed by atoms with Crippen molar-refractivity contribution < 1.29 is 9.72 Å². The van der Waals surface area contributed by atoms with Crippen LogP contribution in [0.15, 0.2) is 54.2 Å². The molecule has 0 atom stereocenters. The number of carbonyl (C=O) groups is 1. The van der Waals surface area contributed by atoms with Crippen molar-refractivity contribution in [3.8, 4) is 6.07 Å². The van der Waals surface area contributed by atoms with E-state index in [-0.39, 0.29) is 22.0 Å². The first-order valence-electron chi connectivity index (χ1n) is 7.43. The van der Waals surface area contributed by atoms with Crippen LogP contribution in [0, 0.1) is 21.4 Å². The number of aromatic nitrogens is 1. The number of H-pyrrole nitrogens is 1. The SMILES string of the molecule is N#CC(=Cc1c[nH]c2ccccc12)C(=O)Nc1cc([N+](=O)[O-])ccc1Cl. The van der Waals surface area contributed by atoms with Gasteiger partial charge in [-0.15, -0.1) is 0 Å². The van der Waals surface area contributed by atoms with E-state index >= 15 is 0 Å². The largest absolute Gasteiger partial charge is 0.361 e. The van der Waals surface area contributed by atoms with Gasteiger partial charge in [-0.05, 0) is 18.2 Å². The number of rotatable bonds is 4. The molecule has 3 rings (SSSR count). The number of benzene rings is 2. The average molecular weight is 367 g/mol. The minimum Gasteiger partial charge on any atom is -0.361 e. The molecule has 1 amide bonds. The number of nitro benzene ring substituents is 1. The molecule has 26 heavy (non-hydrogen) atoms. The number of nitro groups is 1. The predicted molar refractivity (Wildman–Crippen MR) is 98.6 cm³/mol. The number of amides is 1. The number of fused-ring (bicyclic) bond motifs is 1. The van der Waals surface area contributed by atoms with Crippen molar-refractivity contribution in [1.82, 2.24) is 4.98 Å². The predicted octanol–water partition coefficient (Wildman–Crippen LogP) is 4.28. The molecule has 8 heteroatoms. The molecule has 1 aromatic heterocycles. The Bertz CT molecular complexity index is 1100. The summed E-state index contributed by atoms with van der Waals surface area (Å²) in [6, 6.07) is 13.0. The molecule has 0 unspecified atom stereocenters. The van der Waals surface area contributed by atoms with Gasteiger partial charge in [0.05, 0.1) is 15.6 Å². The maximum atomic E-state index is 12.4. The van der Waals surface area contributed by atoms with Gasteiger partial charge in [0.1, 0.15) is 11.6 Å². The number of non-ortho nitro benzene ring substituents is 1. The number of nitriles is 1. The molecular weight excluding hydrogens is 356 g/mol. The fourth-order valence-electron chi connectivity index (χ4n) is 2.43. The summed E-state index contributed by atoms with van der Waals surface area (Å²) in [5, 5.41) is 23.6. The first-order valence-corrected chi connectivity index (χ1v) is 7.80. The standard InChI is InChI=1S/C18H11ClN4O3/c19-15-6-5-13(23(25)26)8-17(15)22-18(24)11(9-20)7-12-10-21-16-4-2-1-3-14(12)16/h1-8,10,21H,(H,22,24). The zero-order chi connectivity index (χ0) is 18.7. The van der Waals surface area contributed by atoms with E-state index in [2.05, 4.69) is 10.3 Å². The smallest absolute Gasteiger partial charge is 0.271 e. The van der Waals surface area contributed by atoms with Crippen LogP contribution in [0.25, 0.3) is 17.0 Å². The molecule has 0 radical (unpaired) electrons. The van der Waals surface area contributed by atoms with Crippen LogP contribution in [0.1, 0.15) is 5.56 Å². The summed E-state index contributed by atoms with van der Waals surface area (Å²) < 4.78 is 0. The Labute approximate surface area is 152 Å². The topological polar surface area (TPSA) is 112 Å². The maximum absolute atomic E-state index is 12.4. The lowest BCUT2D eigenvalue weighted by molar-refractivity contribution is -0.384. The zero-order valence-corrected chi connectivity index (χ0v) is 13.9. The second-order valence-electron chi connectivity index (χ2n) is 5.33. The van der Waals surface area contributed by atoms with Crippen LogP contribution >= 0.6 is 11.6 Å². The molecule has 0 aliphatic carbocycles. The summed E-state index contributed by atoms with van der Waals surface area (Å²) in [6.07, 6.45) is 3.13. The Kier molecular flexibility index (Phi) is 4.69. The van der Waals surface area contributed by atoms with E-state index in [4.69, 9.17) is 11.6 Å². The molecule has 0 aliphatic heterocycles. The molecule has 2 N–H and O–H groups in total. The highest BCUT2D eigenvalue weighted by molar-refractivity contribution is 6.34. The Balaban J connectivity index is 1.92. The summed E-state index contributed by atoms with van der Waals surface area (Å²) in [5.74, 6) is -0.708. The van der Waals surface area contributed by atoms with Crippen LogP contribution in [0.5, 0.6) is 0 Å². The third kappa shape index (κ3) is 3.41. The highest BCUT2D eigenvalue weighted by atomic mass is 35.5. The number of nitrogens with zero attached hydrogens (tertiary/aromatic N) is 2. The number of hydrogen-bond donors (Lipinski definition) is 2. The fourth-order valence-corrected chi connectivity index (χ4v) is 2.59. The minimum absolute atomic E-state index is 0.0611. The molecule has 7 nitrogen and oxygen atoms in total. The number of anilines is 1. The van der Waals surface area contributed by atoms with Crippen LogP contribution < -0.4 is 5.32 Å². The van der Waals surface area contributed by atoms with Crippen LogP contribution in [-0.4, -0.2) is 15.8 Å². The minimum atomic E-state index is -0.708. The normalized spacial score (nSPS) is 11.2. The van der Waals surface area contributed by atoms with Gasteiger partial charge < -0.3 is 10.3 Å². The first-order chi connectivity index (χ1) is 12.5. The monoisotopic (exact) mass is 366 g/mol. The summed E-state index contributed by atoms with van der Waals surface area (Å²) in [7, 11) is 0. The molecule has 3 aromatic rings. The summed E-state index contributed by atoms with van der Waals surface area (Å²) in [6.45, 7) is 0. The fraction of sp³-hybridized carbons (Fsp3) is 0. The lowest BCUT2D eigenvalue weighted by Gasteiger charge is -2.06. The van der Waals surface area contributed by atoms with E-state index in [1.807, 2.05) is 30.3 Å². The maximum Gasteiger partial charge on any atom is 0.271 e. The second kappa shape index (κ2) is 7.09. The molecule has 0 spiro atoms. The Morgan fingerprint density at radius 2 is 2.08 bits per heavy atom. The van der Waals surface area contributed by atoms with Crippen molar-refractivity contribution in [2.45, 2.75) is 0 Å². The number of para-hydroxylation sites is 1. The third-order valence-corrected chi connectivity index (χ3v) is 4.02. The Morgan fingerprint density at radius 3 is 2.81 bits per heavy atom. The number of nitrogens with one attached hydrogen (secondary N) is 2. The van der Waals surface area contributed by atoms with Crippen molar-refractivity contribution in [2.24, 2.45) is 0 Å². The molecule has 0 fully saturated rings. The molecule has 2 aromatic carbocycles. The summed E-state index contributed by atoms with van der Waals surface area (Å²) in [4.78, 5) is 25.7. The van der Waals surface area contributed by atoms with Crippen LogP contribution in [0.4, 0.5) is 11.4 Å². The van der Waals surface area contributed by atoms with Gasteiger partial charge in [-0.1, -0.05) is 29.8 Å². The molecular formula is C18H11ClN4O3. The van der Waals surface area contributed by atoms with Crippen molar-refractivity contribution >= 4 is 45.9 Å². The molecule has 0 bridgehead atoms. The van der Waals surface area contributed by atoms with Gasteiger partial charge in [0, 0.05) is 34.8 Å².